The average Bonchev–Trinajstić information content (AvgIpc) is 2.71. The van der Waals surface area contributed by atoms with Crippen molar-refractivity contribution in [3.05, 3.63) is 30.2 Å². The molecule has 2 aromatic rings. The Kier molecular flexibility index (Phi) is 2.77. The molecular formula is C14H17NO2. The Morgan fingerprint density at radius 2 is 1.94 bits per heavy atom. The van der Waals surface area contributed by atoms with E-state index in [2.05, 4.69) is 4.98 Å². The molecule has 2 rings (SSSR count). The summed E-state index contributed by atoms with van der Waals surface area (Å²) in [6.07, 6.45) is 0. The molecule has 1 aromatic carbocycles. The van der Waals surface area contributed by atoms with Gasteiger partial charge in [-0.3, -0.25) is 4.79 Å². The normalized spacial score (nSPS) is 12.3. The second-order valence-electron chi connectivity index (χ2n) is 5.13. The summed E-state index contributed by atoms with van der Waals surface area (Å²) < 4.78 is 5.67. The van der Waals surface area contributed by atoms with Gasteiger partial charge in [-0.2, -0.15) is 0 Å². The molecule has 0 atom stereocenters. The number of hydrogen-bond donors (Lipinski definition) is 0. The zero-order valence-corrected chi connectivity index (χ0v) is 10.7. The Morgan fingerprint density at radius 3 is 2.53 bits per heavy atom. The van der Waals surface area contributed by atoms with E-state index in [9.17, 15) is 4.79 Å². The average molecular weight is 231 g/mol. The van der Waals surface area contributed by atoms with Crippen molar-refractivity contribution < 1.29 is 9.21 Å². The smallest absolute Gasteiger partial charge is 0.208 e. The van der Waals surface area contributed by atoms with Gasteiger partial charge in [0.25, 0.3) is 0 Å². The number of rotatable bonds is 3. The lowest BCUT2D eigenvalue weighted by Crippen LogP contribution is -2.32. The summed E-state index contributed by atoms with van der Waals surface area (Å²) >= 11 is 0. The van der Waals surface area contributed by atoms with Crippen molar-refractivity contribution in [2.45, 2.75) is 33.1 Å². The van der Waals surface area contributed by atoms with Crippen molar-refractivity contribution in [3.63, 3.8) is 0 Å². The molecule has 1 aromatic heterocycles. The molecule has 0 bridgehead atoms. The molecule has 3 heteroatoms. The number of benzene rings is 1. The number of nitrogens with zero attached hydrogens (tertiary/aromatic N) is 1. The Bertz CT molecular complexity index is 519. The lowest BCUT2D eigenvalue weighted by Gasteiger charge is -2.21. The predicted octanol–water partition coefficient (Wildman–Crippen LogP) is 3.33. The summed E-state index contributed by atoms with van der Waals surface area (Å²) in [5.41, 5.74) is 0.854. The Morgan fingerprint density at radius 1 is 1.29 bits per heavy atom. The van der Waals surface area contributed by atoms with E-state index in [0.717, 1.165) is 11.1 Å². The SMILES string of the molecule is CC(C)C(=O)C(C)(C)c1nc2ccccc2o1. The van der Waals surface area contributed by atoms with Gasteiger partial charge in [0.2, 0.25) is 5.89 Å². The van der Waals surface area contributed by atoms with Crippen LogP contribution in [0.4, 0.5) is 0 Å². The maximum atomic E-state index is 12.1. The Balaban J connectivity index is 2.49. The highest BCUT2D eigenvalue weighted by atomic mass is 16.3. The van der Waals surface area contributed by atoms with Gasteiger partial charge in [-0.25, -0.2) is 4.98 Å². The monoisotopic (exact) mass is 231 g/mol. The largest absolute Gasteiger partial charge is 0.440 e. The lowest BCUT2D eigenvalue weighted by molar-refractivity contribution is -0.127. The molecule has 0 unspecified atom stereocenters. The number of para-hydroxylation sites is 2. The summed E-state index contributed by atoms with van der Waals surface area (Å²) in [5.74, 6) is 0.612. The number of aromatic nitrogens is 1. The van der Waals surface area contributed by atoms with Gasteiger partial charge in [0.1, 0.15) is 11.3 Å². The summed E-state index contributed by atoms with van der Waals surface area (Å²) in [4.78, 5) is 16.5. The topological polar surface area (TPSA) is 43.1 Å². The number of carbonyl (C=O) groups excluding carboxylic acids is 1. The predicted molar refractivity (Wildman–Crippen MR) is 66.9 cm³/mol. The maximum absolute atomic E-state index is 12.1. The third-order valence-corrected chi connectivity index (χ3v) is 2.97. The van der Waals surface area contributed by atoms with Crippen LogP contribution in [0.3, 0.4) is 0 Å². The molecule has 0 aliphatic heterocycles. The number of fused-ring (bicyclic) bond motifs is 1. The molecule has 0 fully saturated rings. The van der Waals surface area contributed by atoms with Crippen molar-refractivity contribution in [2.75, 3.05) is 0 Å². The number of hydrogen-bond acceptors (Lipinski definition) is 3. The fourth-order valence-electron chi connectivity index (χ4n) is 1.97. The molecule has 3 nitrogen and oxygen atoms in total. The van der Waals surface area contributed by atoms with Crippen LogP contribution in [0.15, 0.2) is 28.7 Å². The lowest BCUT2D eigenvalue weighted by atomic mass is 9.82. The summed E-state index contributed by atoms with van der Waals surface area (Å²) in [5, 5.41) is 0. The number of carbonyl (C=O) groups is 1. The third kappa shape index (κ3) is 1.97. The molecule has 0 aliphatic rings. The minimum atomic E-state index is -0.673. The van der Waals surface area contributed by atoms with E-state index in [1.807, 2.05) is 52.0 Å². The highest BCUT2D eigenvalue weighted by Gasteiger charge is 2.36. The van der Waals surface area contributed by atoms with Crippen molar-refractivity contribution >= 4 is 16.9 Å². The third-order valence-electron chi connectivity index (χ3n) is 2.97. The fourth-order valence-corrected chi connectivity index (χ4v) is 1.97. The van der Waals surface area contributed by atoms with E-state index < -0.39 is 5.41 Å². The summed E-state index contributed by atoms with van der Waals surface area (Å²) in [7, 11) is 0. The van der Waals surface area contributed by atoms with E-state index in [4.69, 9.17) is 4.42 Å². The van der Waals surface area contributed by atoms with Gasteiger partial charge in [0.15, 0.2) is 5.58 Å². The minimum Gasteiger partial charge on any atom is -0.440 e. The van der Waals surface area contributed by atoms with E-state index >= 15 is 0 Å². The second-order valence-corrected chi connectivity index (χ2v) is 5.13. The molecular weight excluding hydrogens is 214 g/mol. The molecule has 0 saturated heterocycles. The highest BCUT2D eigenvalue weighted by molar-refractivity contribution is 5.90. The van der Waals surface area contributed by atoms with Crippen molar-refractivity contribution in [2.24, 2.45) is 5.92 Å². The summed E-state index contributed by atoms with van der Waals surface area (Å²) in [6.45, 7) is 7.51. The molecule has 90 valence electrons. The molecule has 17 heavy (non-hydrogen) atoms. The van der Waals surface area contributed by atoms with Crippen LogP contribution in [0.5, 0.6) is 0 Å². The van der Waals surface area contributed by atoms with Crippen molar-refractivity contribution in [1.29, 1.82) is 0 Å². The first kappa shape index (κ1) is 11.8. The van der Waals surface area contributed by atoms with Crippen LogP contribution in [0, 0.1) is 5.92 Å². The first-order chi connectivity index (χ1) is 7.93. The highest BCUT2D eigenvalue weighted by Crippen LogP contribution is 2.29. The van der Waals surface area contributed by atoms with Gasteiger partial charge in [0.05, 0.1) is 5.41 Å². The van der Waals surface area contributed by atoms with Crippen LogP contribution in [0.25, 0.3) is 11.1 Å². The van der Waals surface area contributed by atoms with E-state index in [1.165, 1.54) is 0 Å². The van der Waals surface area contributed by atoms with Crippen molar-refractivity contribution in [3.8, 4) is 0 Å². The number of oxazole rings is 1. The molecule has 1 heterocycles. The number of ketones is 1. The van der Waals surface area contributed by atoms with E-state index in [0.29, 0.717) is 5.89 Å². The molecule has 0 aliphatic carbocycles. The van der Waals surface area contributed by atoms with Crippen LogP contribution in [0.1, 0.15) is 33.6 Å². The first-order valence-electron chi connectivity index (χ1n) is 5.83. The van der Waals surface area contributed by atoms with Crippen LogP contribution in [-0.2, 0) is 10.2 Å². The molecule has 0 amide bonds. The van der Waals surface area contributed by atoms with Gasteiger partial charge in [0, 0.05) is 5.92 Å². The quantitative estimate of drug-likeness (QED) is 0.813. The van der Waals surface area contributed by atoms with Crippen LogP contribution in [-0.4, -0.2) is 10.8 Å². The fraction of sp³-hybridized carbons (Fsp3) is 0.429. The van der Waals surface area contributed by atoms with E-state index in [1.54, 1.807) is 0 Å². The van der Waals surface area contributed by atoms with E-state index in [-0.39, 0.29) is 11.7 Å². The van der Waals surface area contributed by atoms with Crippen LogP contribution >= 0.6 is 0 Å². The van der Waals surface area contributed by atoms with Gasteiger partial charge in [-0.15, -0.1) is 0 Å². The summed E-state index contributed by atoms with van der Waals surface area (Å²) in [6, 6.07) is 7.56. The Hall–Kier alpha value is -1.64. The maximum Gasteiger partial charge on any atom is 0.208 e. The molecule has 0 saturated carbocycles. The zero-order valence-electron chi connectivity index (χ0n) is 10.7. The van der Waals surface area contributed by atoms with Crippen LogP contribution < -0.4 is 0 Å². The van der Waals surface area contributed by atoms with Gasteiger partial charge < -0.3 is 4.42 Å². The zero-order chi connectivity index (χ0) is 12.6. The molecule has 0 radical (unpaired) electrons. The van der Waals surface area contributed by atoms with Crippen molar-refractivity contribution in [1.82, 2.24) is 4.98 Å². The molecule has 0 N–H and O–H groups in total. The molecule has 0 spiro atoms. The number of Topliss-reactive ketones (excluding diaryl/α,β-unsaturated/α-hetero) is 1. The Labute approximate surface area is 101 Å². The van der Waals surface area contributed by atoms with Gasteiger partial charge in [-0.1, -0.05) is 26.0 Å². The van der Waals surface area contributed by atoms with Gasteiger partial charge >= 0.3 is 0 Å². The van der Waals surface area contributed by atoms with Gasteiger partial charge in [-0.05, 0) is 26.0 Å². The van der Waals surface area contributed by atoms with Crippen LogP contribution in [0.2, 0.25) is 0 Å². The first-order valence-corrected chi connectivity index (χ1v) is 5.83. The minimum absolute atomic E-state index is 0.0278. The second kappa shape index (κ2) is 3.99. The standard InChI is InChI=1S/C14H17NO2/c1-9(2)12(16)14(3,4)13-15-10-7-5-6-8-11(10)17-13/h5-9H,1-4H3.